The maximum Gasteiger partial charge on any atom is 0.322 e. The number of hydrogen-bond donors (Lipinski definition) is 3. The minimum Gasteiger partial charge on any atom is -0.486 e. The normalized spacial score (nSPS) is 22.2. The number of amides is 4. The van der Waals surface area contributed by atoms with Gasteiger partial charge in [0.25, 0.3) is 11.8 Å². The molecule has 0 aromatic heterocycles. The molecule has 0 saturated carbocycles. The molecule has 0 radical (unpaired) electrons. The summed E-state index contributed by atoms with van der Waals surface area (Å²) in [5.41, 5.74) is -0.528. The van der Waals surface area contributed by atoms with Crippen LogP contribution in [0.25, 0.3) is 0 Å². The van der Waals surface area contributed by atoms with Gasteiger partial charge in [0.2, 0.25) is 0 Å². The summed E-state index contributed by atoms with van der Waals surface area (Å²) in [4.78, 5) is 36.9. The number of imide groups is 1. The van der Waals surface area contributed by atoms with Crippen molar-refractivity contribution in [3.8, 4) is 11.5 Å². The van der Waals surface area contributed by atoms with E-state index in [0.29, 0.717) is 36.0 Å². The van der Waals surface area contributed by atoms with Gasteiger partial charge in [-0.2, -0.15) is 0 Å². The largest absolute Gasteiger partial charge is 0.486 e. The molecule has 2 heterocycles. The Hall–Kier alpha value is -3.20. The number of ether oxygens (including phenoxy) is 2. The van der Waals surface area contributed by atoms with E-state index in [1.54, 1.807) is 19.1 Å². The van der Waals surface area contributed by atoms with Crippen LogP contribution in [-0.2, 0) is 4.79 Å². The van der Waals surface area contributed by atoms with Gasteiger partial charge in [-0.25, -0.2) is 4.79 Å². The zero-order chi connectivity index (χ0) is 21.1. The van der Waals surface area contributed by atoms with Crippen molar-refractivity contribution in [1.82, 2.24) is 16.0 Å². The fourth-order valence-electron chi connectivity index (χ4n) is 3.15. The molecular formula is C21H21N3O5S. The van der Waals surface area contributed by atoms with Gasteiger partial charge in [-0.3, -0.25) is 14.9 Å². The molecule has 1 saturated heterocycles. The van der Waals surface area contributed by atoms with Crippen molar-refractivity contribution in [2.24, 2.45) is 0 Å². The molecule has 2 aliphatic rings. The van der Waals surface area contributed by atoms with Crippen LogP contribution >= 0.6 is 11.8 Å². The standard InChI is InChI=1S/C21H21N3O5S/c1-21(19(26)23-20(27)24-21)12-30-17-9-5-2-6-14(17)18(25)22-10-13-11-28-15-7-3-4-8-16(15)29-13/h2-9,13H,10-12H2,1H3,(H,22,25)(H2,23,24,26,27). The molecule has 1 fully saturated rings. The van der Waals surface area contributed by atoms with Gasteiger partial charge in [0.15, 0.2) is 11.5 Å². The number of benzene rings is 2. The number of carbonyl (C=O) groups is 3. The summed E-state index contributed by atoms with van der Waals surface area (Å²) in [5, 5.41) is 7.75. The van der Waals surface area contributed by atoms with Crippen LogP contribution in [0.5, 0.6) is 11.5 Å². The van der Waals surface area contributed by atoms with Crippen LogP contribution in [0.15, 0.2) is 53.4 Å². The molecule has 2 unspecified atom stereocenters. The van der Waals surface area contributed by atoms with Crippen LogP contribution in [0.2, 0.25) is 0 Å². The van der Waals surface area contributed by atoms with Gasteiger partial charge >= 0.3 is 6.03 Å². The van der Waals surface area contributed by atoms with E-state index in [-0.39, 0.29) is 17.9 Å². The Bertz CT molecular complexity index is 998. The van der Waals surface area contributed by atoms with E-state index >= 15 is 0 Å². The molecule has 8 nitrogen and oxygen atoms in total. The molecule has 0 aliphatic carbocycles. The Morgan fingerprint density at radius 1 is 1.17 bits per heavy atom. The lowest BCUT2D eigenvalue weighted by atomic mass is 10.1. The average Bonchev–Trinajstić information content (AvgIpc) is 3.02. The number of rotatable bonds is 6. The van der Waals surface area contributed by atoms with Gasteiger partial charge in [-0.1, -0.05) is 24.3 Å². The van der Waals surface area contributed by atoms with E-state index in [4.69, 9.17) is 9.47 Å². The summed E-state index contributed by atoms with van der Waals surface area (Å²) in [6.07, 6.45) is -0.292. The molecule has 0 spiro atoms. The van der Waals surface area contributed by atoms with Crippen molar-refractivity contribution < 1.29 is 23.9 Å². The quantitative estimate of drug-likeness (QED) is 0.481. The SMILES string of the molecule is CC1(CSc2ccccc2C(=O)NCC2COc3ccccc3O2)NC(=O)NC1=O. The molecule has 0 bridgehead atoms. The lowest BCUT2D eigenvalue weighted by Gasteiger charge is -2.26. The maximum atomic E-state index is 12.8. The van der Waals surface area contributed by atoms with Crippen LogP contribution in [0, 0.1) is 0 Å². The van der Waals surface area contributed by atoms with Gasteiger partial charge in [-0.15, -0.1) is 11.8 Å². The fourth-order valence-corrected chi connectivity index (χ4v) is 4.29. The van der Waals surface area contributed by atoms with Crippen molar-refractivity contribution in [3.05, 3.63) is 54.1 Å². The number of urea groups is 1. The number of para-hydroxylation sites is 2. The number of nitrogens with one attached hydrogen (secondary N) is 3. The van der Waals surface area contributed by atoms with Crippen molar-refractivity contribution in [1.29, 1.82) is 0 Å². The summed E-state index contributed by atoms with van der Waals surface area (Å²) < 4.78 is 11.5. The average molecular weight is 427 g/mol. The van der Waals surface area contributed by atoms with Crippen molar-refractivity contribution in [2.45, 2.75) is 23.5 Å². The van der Waals surface area contributed by atoms with Crippen LogP contribution in [0.3, 0.4) is 0 Å². The Morgan fingerprint density at radius 2 is 1.90 bits per heavy atom. The monoisotopic (exact) mass is 427 g/mol. The molecule has 2 aliphatic heterocycles. The highest BCUT2D eigenvalue weighted by Crippen LogP contribution is 2.31. The van der Waals surface area contributed by atoms with Crippen molar-refractivity contribution in [3.63, 3.8) is 0 Å². The van der Waals surface area contributed by atoms with E-state index in [1.165, 1.54) is 11.8 Å². The van der Waals surface area contributed by atoms with Crippen LogP contribution < -0.4 is 25.4 Å². The first-order valence-electron chi connectivity index (χ1n) is 9.47. The van der Waals surface area contributed by atoms with Gasteiger partial charge in [-0.05, 0) is 31.2 Å². The third kappa shape index (κ3) is 4.20. The molecular weight excluding hydrogens is 406 g/mol. The van der Waals surface area contributed by atoms with Gasteiger partial charge in [0, 0.05) is 10.6 Å². The number of thioether (sulfide) groups is 1. The van der Waals surface area contributed by atoms with Crippen molar-refractivity contribution in [2.75, 3.05) is 18.9 Å². The van der Waals surface area contributed by atoms with E-state index in [0.717, 1.165) is 4.90 Å². The molecule has 156 valence electrons. The molecule has 3 N–H and O–H groups in total. The smallest absolute Gasteiger partial charge is 0.322 e. The number of hydrogen-bond acceptors (Lipinski definition) is 6. The Morgan fingerprint density at radius 3 is 2.67 bits per heavy atom. The molecule has 9 heteroatoms. The first kappa shape index (κ1) is 20.1. The zero-order valence-corrected chi connectivity index (χ0v) is 17.1. The van der Waals surface area contributed by atoms with Gasteiger partial charge < -0.3 is 20.1 Å². The third-order valence-electron chi connectivity index (χ3n) is 4.82. The zero-order valence-electron chi connectivity index (χ0n) is 16.3. The predicted octanol–water partition coefficient (Wildman–Crippen LogP) is 1.95. The molecule has 4 rings (SSSR count). The van der Waals surface area contributed by atoms with Crippen LogP contribution in [0.1, 0.15) is 17.3 Å². The Labute approximate surface area is 177 Å². The van der Waals surface area contributed by atoms with Gasteiger partial charge in [0.1, 0.15) is 18.2 Å². The molecule has 2 atom stereocenters. The lowest BCUT2D eigenvalue weighted by Crippen LogP contribution is -2.46. The highest BCUT2D eigenvalue weighted by atomic mass is 32.2. The molecule has 2 aromatic carbocycles. The number of fused-ring (bicyclic) bond motifs is 1. The fraction of sp³-hybridized carbons (Fsp3) is 0.286. The topological polar surface area (TPSA) is 106 Å². The van der Waals surface area contributed by atoms with E-state index in [9.17, 15) is 14.4 Å². The summed E-state index contributed by atoms with van der Waals surface area (Å²) in [6.45, 7) is 2.30. The van der Waals surface area contributed by atoms with E-state index < -0.39 is 11.6 Å². The summed E-state index contributed by atoms with van der Waals surface area (Å²) in [6, 6.07) is 14.0. The second-order valence-electron chi connectivity index (χ2n) is 7.23. The minimum atomic E-state index is -1.02. The third-order valence-corrected chi connectivity index (χ3v) is 6.21. The minimum absolute atomic E-state index is 0.245. The maximum absolute atomic E-state index is 12.8. The van der Waals surface area contributed by atoms with E-state index in [1.807, 2.05) is 36.4 Å². The summed E-state index contributed by atoms with van der Waals surface area (Å²) >= 11 is 1.34. The van der Waals surface area contributed by atoms with Crippen LogP contribution in [-0.4, -0.2) is 48.4 Å². The predicted molar refractivity (Wildman–Crippen MR) is 111 cm³/mol. The Kier molecular flexibility index (Phi) is 5.54. The molecule has 4 amide bonds. The highest BCUT2D eigenvalue weighted by Gasteiger charge is 2.42. The lowest BCUT2D eigenvalue weighted by molar-refractivity contribution is -0.122. The van der Waals surface area contributed by atoms with E-state index in [2.05, 4.69) is 16.0 Å². The number of carbonyl (C=O) groups excluding carboxylic acids is 3. The second kappa shape index (κ2) is 8.27. The first-order chi connectivity index (χ1) is 14.4. The highest BCUT2D eigenvalue weighted by molar-refractivity contribution is 7.99. The van der Waals surface area contributed by atoms with Crippen molar-refractivity contribution >= 4 is 29.6 Å². The summed E-state index contributed by atoms with van der Waals surface area (Å²) in [7, 11) is 0. The summed E-state index contributed by atoms with van der Waals surface area (Å²) in [5.74, 6) is 1.02. The second-order valence-corrected chi connectivity index (χ2v) is 8.25. The van der Waals surface area contributed by atoms with Gasteiger partial charge in [0.05, 0.1) is 12.1 Å². The first-order valence-corrected chi connectivity index (χ1v) is 10.5. The molecule has 2 aromatic rings. The molecule has 30 heavy (non-hydrogen) atoms. The van der Waals surface area contributed by atoms with Crippen LogP contribution in [0.4, 0.5) is 4.79 Å². The Balaban J connectivity index is 1.37.